The van der Waals surface area contributed by atoms with Gasteiger partial charge >= 0.3 is 0 Å². The summed E-state index contributed by atoms with van der Waals surface area (Å²) in [5.74, 6) is -0.794. The lowest BCUT2D eigenvalue weighted by Gasteiger charge is -2.26. The van der Waals surface area contributed by atoms with Crippen molar-refractivity contribution in [3.05, 3.63) is 30.1 Å². The molecular formula is C13H16FNO3S. The lowest BCUT2D eigenvalue weighted by Crippen LogP contribution is -2.40. The molecule has 0 spiro atoms. The fraction of sp³-hybridized carbons (Fsp3) is 0.462. The summed E-state index contributed by atoms with van der Waals surface area (Å²) < 4.78 is 37.4. The van der Waals surface area contributed by atoms with E-state index in [-0.39, 0.29) is 23.0 Å². The highest BCUT2D eigenvalue weighted by Crippen LogP contribution is 2.28. The van der Waals surface area contributed by atoms with Crippen LogP contribution in [0.3, 0.4) is 0 Å². The van der Waals surface area contributed by atoms with Crippen LogP contribution in [0.1, 0.15) is 25.7 Å². The molecule has 1 aliphatic carbocycles. The predicted molar refractivity (Wildman–Crippen MR) is 68.5 cm³/mol. The van der Waals surface area contributed by atoms with Crippen LogP contribution in [-0.2, 0) is 14.6 Å². The standard InChI is InChI=1S/C13H16FNO3S/c14-10-4-6-12(7-5-10)19(17,18)13(15)9-2-1-3-11(16)8-9/h4-7,9,13H,1-3,8,15H2. The average Bonchev–Trinajstić information content (AvgIpc) is 2.38. The van der Waals surface area contributed by atoms with Crippen molar-refractivity contribution in [1.82, 2.24) is 0 Å². The summed E-state index contributed by atoms with van der Waals surface area (Å²) in [6, 6.07) is 4.58. The third-order valence-corrected chi connectivity index (χ3v) is 5.52. The Labute approximate surface area is 111 Å². The van der Waals surface area contributed by atoms with E-state index in [0.29, 0.717) is 19.3 Å². The SMILES string of the molecule is NC(C1CCCC(=O)C1)S(=O)(=O)c1ccc(F)cc1. The minimum absolute atomic E-state index is 0.000535. The molecule has 0 aromatic heterocycles. The Kier molecular flexibility index (Phi) is 4.01. The van der Waals surface area contributed by atoms with Gasteiger partial charge in [0, 0.05) is 12.8 Å². The Morgan fingerprint density at radius 3 is 2.47 bits per heavy atom. The van der Waals surface area contributed by atoms with E-state index >= 15 is 0 Å². The van der Waals surface area contributed by atoms with Crippen LogP contribution in [-0.4, -0.2) is 19.6 Å². The van der Waals surface area contributed by atoms with E-state index in [2.05, 4.69) is 0 Å². The zero-order valence-electron chi connectivity index (χ0n) is 10.4. The first-order valence-corrected chi connectivity index (χ1v) is 7.72. The molecule has 4 nitrogen and oxygen atoms in total. The minimum atomic E-state index is -3.72. The minimum Gasteiger partial charge on any atom is -0.315 e. The normalized spacial score (nSPS) is 22.2. The van der Waals surface area contributed by atoms with Gasteiger partial charge in [-0.15, -0.1) is 0 Å². The number of benzene rings is 1. The van der Waals surface area contributed by atoms with Crippen molar-refractivity contribution < 1.29 is 17.6 Å². The number of ketones is 1. The third kappa shape index (κ3) is 3.01. The van der Waals surface area contributed by atoms with Crippen LogP contribution in [0.2, 0.25) is 0 Å². The molecule has 2 unspecified atom stereocenters. The summed E-state index contributed by atoms with van der Waals surface area (Å²) >= 11 is 0. The number of nitrogens with two attached hydrogens (primary N) is 1. The van der Waals surface area contributed by atoms with Gasteiger partial charge in [0.15, 0.2) is 9.84 Å². The van der Waals surface area contributed by atoms with Crippen LogP contribution in [0.25, 0.3) is 0 Å². The maximum absolute atomic E-state index is 12.8. The van der Waals surface area contributed by atoms with Crippen LogP contribution in [0, 0.1) is 11.7 Å². The number of carbonyl (C=O) groups is 1. The monoisotopic (exact) mass is 285 g/mol. The summed E-state index contributed by atoms with van der Waals surface area (Å²) in [7, 11) is -3.72. The Bertz CT molecular complexity index is 568. The predicted octanol–water partition coefficient (Wildman–Crippen LogP) is 1.64. The smallest absolute Gasteiger partial charge is 0.194 e. The van der Waals surface area contributed by atoms with Crippen molar-refractivity contribution >= 4 is 15.6 Å². The van der Waals surface area contributed by atoms with E-state index < -0.39 is 21.0 Å². The van der Waals surface area contributed by atoms with E-state index in [9.17, 15) is 17.6 Å². The topological polar surface area (TPSA) is 77.2 Å². The Morgan fingerprint density at radius 2 is 1.89 bits per heavy atom. The molecule has 2 rings (SSSR count). The van der Waals surface area contributed by atoms with Crippen molar-refractivity contribution in [2.75, 3.05) is 0 Å². The molecule has 0 aliphatic heterocycles. The van der Waals surface area contributed by atoms with Gasteiger partial charge in [-0.2, -0.15) is 0 Å². The maximum atomic E-state index is 12.8. The van der Waals surface area contributed by atoms with Gasteiger partial charge in [0.1, 0.15) is 17.0 Å². The molecule has 1 saturated carbocycles. The summed E-state index contributed by atoms with van der Waals surface area (Å²) in [5, 5.41) is -1.11. The highest BCUT2D eigenvalue weighted by molar-refractivity contribution is 7.92. The molecule has 0 amide bonds. The zero-order valence-corrected chi connectivity index (χ0v) is 11.2. The first kappa shape index (κ1) is 14.1. The second-order valence-electron chi connectivity index (χ2n) is 4.86. The second kappa shape index (κ2) is 5.38. The summed E-state index contributed by atoms with van der Waals surface area (Å²) in [6.45, 7) is 0. The third-order valence-electron chi connectivity index (χ3n) is 3.49. The molecule has 1 fully saturated rings. The molecule has 19 heavy (non-hydrogen) atoms. The summed E-state index contributed by atoms with van der Waals surface area (Å²) in [4.78, 5) is 11.4. The summed E-state index contributed by atoms with van der Waals surface area (Å²) in [6.07, 6.45) is 2.02. The Morgan fingerprint density at radius 1 is 1.26 bits per heavy atom. The first-order chi connectivity index (χ1) is 8.91. The van der Waals surface area contributed by atoms with E-state index in [1.807, 2.05) is 0 Å². The average molecular weight is 285 g/mol. The van der Waals surface area contributed by atoms with Gasteiger partial charge in [-0.05, 0) is 43.0 Å². The van der Waals surface area contributed by atoms with E-state index in [1.54, 1.807) is 0 Å². The molecule has 1 aromatic rings. The molecular weight excluding hydrogens is 269 g/mol. The molecule has 2 atom stereocenters. The Hall–Kier alpha value is -1.27. The van der Waals surface area contributed by atoms with Crippen molar-refractivity contribution in [2.45, 2.75) is 36.0 Å². The van der Waals surface area contributed by atoms with Crippen molar-refractivity contribution in [3.63, 3.8) is 0 Å². The highest BCUT2D eigenvalue weighted by Gasteiger charge is 2.34. The van der Waals surface area contributed by atoms with E-state index in [4.69, 9.17) is 5.73 Å². The zero-order chi connectivity index (χ0) is 14.0. The molecule has 0 heterocycles. The molecule has 1 aromatic carbocycles. The fourth-order valence-electron chi connectivity index (χ4n) is 2.37. The van der Waals surface area contributed by atoms with Crippen molar-refractivity contribution in [1.29, 1.82) is 0 Å². The van der Waals surface area contributed by atoms with Crippen LogP contribution >= 0.6 is 0 Å². The molecule has 6 heteroatoms. The molecule has 0 bridgehead atoms. The lowest BCUT2D eigenvalue weighted by atomic mass is 9.88. The molecule has 104 valence electrons. The molecule has 2 N–H and O–H groups in total. The quantitative estimate of drug-likeness (QED) is 0.856. The molecule has 1 aliphatic rings. The summed E-state index contributed by atoms with van der Waals surface area (Å²) in [5.41, 5.74) is 5.82. The van der Waals surface area contributed by atoms with Crippen molar-refractivity contribution in [2.24, 2.45) is 11.7 Å². The lowest BCUT2D eigenvalue weighted by molar-refractivity contribution is -0.121. The number of hydrogen-bond acceptors (Lipinski definition) is 4. The maximum Gasteiger partial charge on any atom is 0.194 e. The van der Waals surface area contributed by atoms with Gasteiger partial charge < -0.3 is 5.73 Å². The number of hydrogen-bond donors (Lipinski definition) is 1. The van der Waals surface area contributed by atoms with Crippen LogP contribution in [0.4, 0.5) is 4.39 Å². The second-order valence-corrected chi connectivity index (χ2v) is 6.96. The largest absolute Gasteiger partial charge is 0.315 e. The first-order valence-electron chi connectivity index (χ1n) is 6.18. The fourth-order valence-corrected chi connectivity index (χ4v) is 3.94. The van der Waals surface area contributed by atoms with E-state index in [1.165, 1.54) is 12.1 Å². The van der Waals surface area contributed by atoms with Gasteiger partial charge in [-0.3, -0.25) is 4.79 Å². The van der Waals surface area contributed by atoms with Crippen LogP contribution in [0.5, 0.6) is 0 Å². The van der Waals surface area contributed by atoms with Gasteiger partial charge in [0.25, 0.3) is 0 Å². The molecule has 0 saturated heterocycles. The Balaban J connectivity index is 2.23. The van der Waals surface area contributed by atoms with Gasteiger partial charge in [-0.25, -0.2) is 12.8 Å². The van der Waals surface area contributed by atoms with Crippen molar-refractivity contribution in [3.8, 4) is 0 Å². The molecule has 0 radical (unpaired) electrons. The van der Waals surface area contributed by atoms with Gasteiger partial charge in [-0.1, -0.05) is 0 Å². The van der Waals surface area contributed by atoms with Crippen LogP contribution in [0.15, 0.2) is 29.2 Å². The number of halogens is 1. The van der Waals surface area contributed by atoms with Crippen LogP contribution < -0.4 is 5.73 Å². The number of rotatable bonds is 3. The van der Waals surface area contributed by atoms with Gasteiger partial charge in [0.05, 0.1) is 4.90 Å². The number of carbonyl (C=O) groups excluding carboxylic acids is 1. The number of sulfone groups is 1. The van der Waals surface area contributed by atoms with E-state index in [0.717, 1.165) is 12.1 Å². The van der Waals surface area contributed by atoms with Gasteiger partial charge in [0.2, 0.25) is 0 Å². The number of Topliss-reactive ketones (excluding diaryl/α,β-unsaturated/α-hetero) is 1. The highest BCUT2D eigenvalue weighted by atomic mass is 32.2.